The summed E-state index contributed by atoms with van der Waals surface area (Å²) in [6.07, 6.45) is 4.16. The van der Waals surface area contributed by atoms with Crippen LogP contribution in [0, 0.1) is 19.7 Å². The van der Waals surface area contributed by atoms with E-state index in [0.717, 1.165) is 42.6 Å². The van der Waals surface area contributed by atoms with Gasteiger partial charge in [0, 0.05) is 47.6 Å². The predicted octanol–water partition coefficient (Wildman–Crippen LogP) is 3.07. The molecule has 2 amide bonds. The monoisotopic (exact) mass is 410 g/mol. The van der Waals surface area contributed by atoms with Crippen molar-refractivity contribution >= 4 is 11.8 Å². The Kier molecular flexibility index (Phi) is 5.79. The number of aryl methyl sites for hydroxylation is 2. The Morgan fingerprint density at radius 1 is 1.17 bits per heavy atom. The lowest BCUT2D eigenvalue weighted by molar-refractivity contribution is -0.120. The van der Waals surface area contributed by atoms with Crippen LogP contribution >= 0.6 is 0 Å². The highest BCUT2D eigenvalue weighted by Crippen LogP contribution is 2.27. The molecule has 0 radical (unpaired) electrons. The number of piperidine rings is 1. The van der Waals surface area contributed by atoms with E-state index in [1.54, 1.807) is 17.0 Å². The lowest BCUT2D eigenvalue weighted by Crippen LogP contribution is -2.39. The van der Waals surface area contributed by atoms with Gasteiger partial charge in [-0.1, -0.05) is 6.07 Å². The van der Waals surface area contributed by atoms with Gasteiger partial charge in [0.1, 0.15) is 11.6 Å². The van der Waals surface area contributed by atoms with Gasteiger partial charge in [0.05, 0.1) is 6.42 Å². The summed E-state index contributed by atoms with van der Waals surface area (Å²) in [4.78, 5) is 36.2. The average Bonchev–Trinajstić information content (AvgIpc) is 3.54. The molecule has 1 aromatic heterocycles. The van der Waals surface area contributed by atoms with E-state index in [1.165, 1.54) is 12.1 Å². The van der Waals surface area contributed by atoms with E-state index in [-0.39, 0.29) is 17.7 Å². The van der Waals surface area contributed by atoms with Crippen LogP contribution in [0.4, 0.5) is 4.39 Å². The van der Waals surface area contributed by atoms with Crippen molar-refractivity contribution in [3.8, 4) is 0 Å². The zero-order valence-corrected chi connectivity index (χ0v) is 17.4. The van der Waals surface area contributed by atoms with Crippen molar-refractivity contribution < 1.29 is 14.0 Å². The van der Waals surface area contributed by atoms with Crippen molar-refractivity contribution in [2.45, 2.75) is 57.9 Å². The minimum Gasteiger partial charge on any atom is -0.353 e. The summed E-state index contributed by atoms with van der Waals surface area (Å²) in [6.45, 7) is 4.98. The van der Waals surface area contributed by atoms with Crippen molar-refractivity contribution in [1.29, 1.82) is 0 Å². The second-order valence-electron chi connectivity index (χ2n) is 8.35. The fourth-order valence-corrected chi connectivity index (χ4v) is 4.05. The van der Waals surface area contributed by atoms with Gasteiger partial charge in [-0.05, 0) is 57.7 Å². The number of likely N-dealkylation sites (tertiary alicyclic amines) is 1. The molecule has 2 aliphatic rings. The van der Waals surface area contributed by atoms with Gasteiger partial charge in [-0.2, -0.15) is 0 Å². The highest BCUT2D eigenvalue weighted by atomic mass is 19.1. The first kappa shape index (κ1) is 20.4. The number of carbonyl (C=O) groups is 2. The number of rotatable bonds is 5. The summed E-state index contributed by atoms with van der Waals surface area (Å²) >= 11 is 0. The van der Waals surface area contributed by atoms with E-state index >= 15 is 0 Å². The molecule has 1 saturated heterocycles. The van der Waals surface area contributed by atoms with Crippen LogP contribution in [0.3, 0.4) is 0 Å². The summed E-state index contributed by atoms with van der Waals surface area (Å²) in [5.74, 6) is 0.187. The molecule has 1 aliphatic carbocycles. The summed E-state index contributed by atoms with van der Waals surface area (Å²) in [5, 5.41) is 3.01. The number of benzene rings is 1. The largest absolute Gasteiger partial charge is 0.353 e. The Hall–Kier alpha value is -2.83. The van der Waals surface area contributed by atoms with E-state index in [9.17, 15) is 14.0 Å². The summed E-state index contributed by atoms with van der Waals surface area (Å²) in [6, 6.07) is 6.14. The van der Waals surface area contributed by atoms with Crippen LogP contribution in [0.25, 0.3) is 0 Å². The molecule has 2 heterocycles. The first-order valence-corrected chi connectivity index (χ1v) is 10.6. The van der Waals surface area contributed by atoms with Crippen LogP contribution in [0.15, 0.2) is 24.3 Å². The number of nitrogens with one attached hydrogen (secondary N) is 1. The maximum absolute atomic E-state index is 13.5. The molecule has 4 rings (SSSR count). The van der Waals surface area contributed by atoms with Crippen molar-refractivity contribution in [1.82, 2.24) is 20.2 Å². The quantitative estimate of drug-likeness (QED) is 0.822. The number of aromatic nitrogens is 2. The molecular formula is C23H27FN4O2. The third kappa shape index (κ3) is 4.66. The van der Waals surface area contributed by atoms with Crippen molar-refractivity contribution in [2.24, 2.45) is 0 Å². The van der Waals surface area contributed by atoms with Gasteiger partial charge >= 0.3 is 0 Å². The van der Waals surface area contributed by atoms with Crippen LogP contribution < -0.4 is 5.32 Å². The minimum absolute atomic E-state index is 0.0181. The lowest BCUT2D eigenvalue weighted by atomic mass is 9.95. The number of amides is 2. The fourth-order valence-electron chi connectivity index (χ4n) is 4.05. The topological polar surface area (TPSA) is 75.2 Å². The van der Waals surface area contributed by atoms with Crippen LogP contribution in [0.1, 0.15) is 64.7 Å². The van der Waals surface area contributed by atoms with Gasteiger partial charge in [0.25, 0.3) is 5.91 Å². The SMILES string of the molecule is Cc1nc(C2CCCN(C(=O)c3cccc(F)c3)C2)nc(C)c1CC(=O)NC1CC1. The fraction of sp³-hybridized carbons (Fsp3) is 0.478. The second-order valence-corrected chi connectivity index (χ2v) is 8.35. The summed E-state index contributed by atoms with van der Waals surface area (Å²) < 4.78 is 13.5. The van der Waals surface area contributed by atoms with Gasteiger partial charge in [-0.3, -0.25) is 9.59 Å². The highest BCUT2D eigenvalue weighted by molar-refractivity contribution is 5.94. The number of halogens is 1. The molecule has 2 fully saturated rings. The molecule has 1 atom stereocenters. The van der Waals surface area contributed by atoms with E-state index in [2.05, 4.69) is 5.32 Å². The third-order valence-electron chi connectivity index (χ3n) is 5.86. The molecular weight excluding hydrogens is 383 g/mol. The highest BCUT2D eigenvalue weighted by Gasteiger charge is 2.29. The first-order valence-electron chi connectivity index (χ1n) is 10.6. The molecule has 1 N–H and O–H groups in total. The molecule has 30 heavy (non-hydrogen) atoms. The van der Waals surface area contributed by atoms with Gasteiger partial charge in [-0.15, -0.1) is 0 Å². The van der Waals surface area contributed by atoms with E-state index in [4.69, 9.17) is 9.97 Å². The summed E-state index contributed by atoms with van der Waals surface area (Å²) in [5.41, 5.74) is 2.87. The minimum atomic E-state index is -0.412. The smallest absolute Gasteiger partial charge is 0.253 e. The third-order valence-corrected chi connectivity index (χ3v) is 5.86. The molecule has 1 aromatic carbocycles. The Balaban J connectivity index is 1.47. The number of nitrogens with zero attached hydrogens (tertiary/aromatic N) is 3. The van der Waals surface area contributed by atoms with Crippen molar-refractivity contribution in [3.63, 3.8) is 0 Å². The van der Waals surface area contributed by atoms with Gasteiger partial charge in [0.15, 0.2) is 0 Å². The predicted molar refractivity (Wildman–Crippen MR) is 111 cm³/mol. The van der Waals surface area contributed by atoms with Crippen LogP contribution in [-0.2, 0) is 11.2 Å². The molecule has 0 bridgehead atoms. The number of carbonyl (C=O) groups excluding carboxylic acids is 2. The molecule has 7 heteroatoms. The second kappa shape index (κ2) is 8.50. The molecule has 1 unspecified atom stereocenters. The molecule has 158 valence electrons. The Bertz CT molecular complexity index is 950. The zero-order valence-electron chi connectivity index (χ0n) is 17.4. The number of hydrogen-bond donors (Lipinski definition) is 1. The lowest BCUT2D eigenvalue weighted by Gasteiger charge is -2.32. The molecule has 1 saturated carbocycles. The van der Waals surface area contributed by atoms with Crippen LogP contribution in [0.2, 0.25) is 0 Å². The average molecular weight is 410 g/mol. The Morgan fingerprint density at radius 3 is 2.57 bits per heavy atom. The van der Waals surface area contributed by atoms with Gasteiger partial charge in [-0.25, -0.2) is 14.4 Å². The Labute approximate surface area is 175 Å². The maximum Gasteiger partial charge on any atom is 0.253 e. The molecule has 0 spiro atoms. The van der Waals surface area contributed by atoms with Gasteiger partial charge in [0.2, 0.25) is 5.91 Å². The summed E-state index contributed by atoms with van der Waals surface area (Å²) in [7, 11) is 0. The van der Waals surface area contributed by atoms with Crippen LogP contribution in [-0.4, -0.2) is 45.8 Å². The van der Waals surface area contributed by atoms with E-state index in [0.29, 0.717) is 36.9 Å². The van der Waals surface area contributed by atoms with Crippen LogP contribution in [0.5, 0.6) is 0 Å². The Morgan fingerprint density at radius 2 is 1.90 bits per heavy atom. The maximum atomic E-state index is 13.5. The standard InChI is InChI=1S/C23H27FN4O2/c1-14-20(12-21(29)27-19-8-9-19)15(2)26-22(25-14)17-6-4-10-28(13-17)23(30)16-5-3-7-18(24)11-16/h3,5,7,11,17,19H,4,6,8-10,12-13H2,1-2H3,(H,27,29). The zero-order chi connectivity index (χ0) is 21.3. The molecule has 6 nitrogen and oxygen atoms in total. The normalized spacial score (nSPS) is 18.9. The van der Waals surface area contributed by atoms with E-state index < -0.39 is 5.82 Å². The molecule has 1 aliphatic heterocycles. The first-order chi connectivity index (χ1) is 14.4. The number of hydrogen-bond acceptors (Lipinski definition) is 4. The van der Waals surface area contributed by atoms with Gasteiger partial charge < -0.3 is 10.2 Å². The van der Waals surface area contributed by atoms with Crippen molar-refractivity contribution in [3.05, 3.63) is 58.4 Å². The van der Waals surface area contributed by atoms with Crippen molar-refractivity contribution in [2.75, 3.05) is 13.1 Å². The molecule has 2 aromatic rings. The van der Waals surface area contributed by atoms with E-state index in [1.807, 2.05) is 13.8 Å².